The third kappa shape index (κ3) is 3.95. The molecular formula is C21H19N5O. The number of nitrogens with zero attached hydrogens (tertiary/aromatic N) is 2. The molecular weight excluding hydrogens is 338 g/mol. The van der Waals surface area contributed by atoms with Crippen LogP contribution in [-0.4, -0.2) is 27.4 Å². The highest BCUT2D eigenvalue weighted by atomic mass is 16.1. The smallest absolute Gasteiger partial charge is 0.270 e. The minimum atomic E-state index is -0.214. The zero-order valence-corrected chi connectivity index (χ0v) is 14.6. The number of fused-ring (bicyclic) bond motifs is 1. The lowest BCUT2D eigenvalue weighted by Crippen LogP contribution is -2.26. The van der Waals surface area contributed by atoms with Crippen molar-refractivity contribution in [3.05, 3.63) is 84.3 Å². The summed E-state index contributed by atoms with van der Waals surface area (Å²) in [5, 5.41) is 7.20. The van der Waals surface area contributed by atoms with Crippen LogP contribution >= 0.6 is 0 Å². The number of rotatable bonds is 6. The molecule has 2 aromatic carbocycles. The second kappa shape index (κ2) is 7.70. The number of anilines is 2. The number of carbonyl (C=O) groups excluding carboxylic acids is 1. The van der Waals surface area contributed by atoms with Gasteiger partial charge in [0.05, 0.1) is 0 Å². The SMILES string of the molecule is O=C(NCCc1c[nH]c2ccccc12)c1ccnc(Nc2ccccc2)n1. The van der Waals surface area contributed by atoms with Crippen molar-refractivity contribution >= 4 is 28.4 Å². The van der Waals surface area contributed by atoms with Crippen LogP contribution in [0.1, 0.15) is 16.1 Å². The lowest BCUT2D eigenvalue weighted by atomic mass is 10.1. The molecule has 4 aromatic rings. The van der Waals surface area contributed by atoms with E-state index in [2.05, 4.69) is 31.7 Å². The summed E-state index contributed by atoms with van der Waals surface area (Å²) in [6, 6.07) is 19.3. The first-order valence-corrected chi connectivity index (χ1v) is 8.78. The first-order valence-electron chi connectivity index (χ1n) is 8.78. The van der Waals surface area contributed by atoms with E-state index in [1.807, 2.05) is 54.7 Å². The molecule has 134 valence electrons. The Morgan fingerprint density at radius 3 is 2.70 bits per heavy atom. The molecule has 2 heterocycles. The summed E-state index contributed by atoms with van der Waals surface area (Å²) in [4.78, 5) is 24.1. The molecule has 0 saturated heterocycles. The van der Waals surface area contributed by atoms with Crippen LogP contribution in [0.4, 0.5) is 11.6 Å². The number of hydrogen-bond donors (Lipinski definition) is 3. The fourth-order valence-corrected chi connectivity index (χ4v) is 2.94. The van der Waals surface area contributed by atoms with Crippen LogP contribution in [0.15, 0.2) is 73.1 Å². The molecule has 0 bridgehead atoms. The lowest BCUT2D eigenvalue weighted by molar-refractivity contribution is 0.0949. The van der Waals surface area contributed by atoms with Crippen LogP contribution in [0.3, 0.4) is 0 Å². The quantitative estimate of drug-likeness (QED) is 0.492. The van der Waals surface area contributed by atoms with Crippen molar-refractivity contribution in [2.24, 2.45) is 0 Å². The zero-order chi connectivity index (χ0) is 18.5. The Labute approximate surface area is 156 Å². The number of nitrogens with one attached hydrogen (secondary N) is 3. The van der Waals surface area contributed by atoms with E-state index in [0.717, 1.165) is 17.6 Å². The lowest BCUT2D eigenvalue weighted by Gasteiger charge is -2.07. The molecule has 0 aliphatic rings. The average Bonchev–Trinajstić information content (AvgIpc) is 3.12. The van der Waals surface area contributed by atoms with Crippen molar-refractivity contribution in [3.8, 4) is 0 Å². The number of amides is 1. The molecule has 4 rings (SSSR count). The Hall–Kier alpha value is -3.67. The number of hydrogen-bond acceptors (Lipinski definition) is 4. The van der Waals surface area contributed by atoms with Gasteiger partial charge in [-0.3, -0.25) is 4.79 Å². The maximum Gasteiger partial charge on any atom is 0.270 e. The largest absolute Gasteiger partial charge is 0.361 e. The average molecular weight is 357 g/mol. The minimum Gasteiger partial charge on any atom is -0.361 e. The fourth-order valence-electron chi connectivity index (χ4n) is 2.94. The second-order valence-electron chi connectivity index (χ2n) is 6.12. The van der Waals surface area contributed by atoms with E-state index in [0.29, 0.717) is 18.2 Å². The van der Waals surface area contributed by atoms with Gasteiger partial charge in [0.1, 0.15) is 5.69 Å². The highest BCUT2D eigenvalue weighted by molar-refractivity contribution is 5.92. The Morgan fingerprint density at radius 1 is 1.00 bits per heavy atom. The first-order chi connectivity index (χ1) is 13.3. The number of aromatic nitrogens is 3. The van der Waals surface area contributed by atoms with Gasteiger partial charge in [-0.25, -0.2) is 9.97 Å². The van der Waals surface area contributed by atoms with Crippen LogP contribution in [0.5, 0.6) is 0 Å². The molecule has 27 heavy (non-hydrogen) atoms. The van der Waals surface area contributed by atoms with E-state index in [-0.39, 0.29) is 5.91 Å². The van der Waals surface area contributed by atoms with Crippen molar-refractivity contribution in [1.29, 1.82) is 0 Å². The van der Waals surface area contributed by atoms with Gasteiger partial charge in [0.2, 0.25) is 5.95 Å². The maximum absolute atomic E-state index is 12.4. The summed E-state index contributed by atoms with van der Waals surface area (Å²) in [6.45, 7) is 0.534. The topological polar surface area (TPSA) is 82.7 Å². The number of benzene rings is 2. The van der Waals surface area contributed by atoms with Crippen molar-refractivity contribution in [2.75, 3.05) is 11.9 Å². The van der Waals surface area contributed by atoms with Gasteiger partial charge in [0, 0.05) is 35.5 Å². The Bertz CT molecular complexity index is 1060. The highest BCUT2D eigenvalue weighted by Crippen LogP contribution is 2.17. The van der Waals surface area contributed by atoms with Crippen LogP contribution in [0, 0.1) is 0 Å². The molecule has 0 saturated carbocycles. The predicted octanol–water partition coefficient (Wildman–Crippen LogP) is 3.67. The number of aromatic amines is 1. The van der Waals surface area contributed by atoms with E-state index in [4.69, 9.17) is 0 Å². The second-order valence-corrected chi connectivity index (χ2v) is 6.12. The van der Waals surface area contributed by atoms with Crippen molar-refractivity contribution in [1.82, 2.24) is 20.3 Å². The molecule has 6 nitrogen and oxygen atoms in total. The summed E-state index contributed by atoms with van der Waals surface area (Å²) < 4.78 is 0. The molecule has 1 amide bonds. The highest BCUT2D eigenvalue weighted by Gasteiger charge is 2.09. The molecule has 0 unspecified atom stereocenters. The van der Waals surface area contributed by atoms with Crippen molar-refractivity contribution < 1.29 is 4.79 Å². The molecule has 0 atom stereocenters. The van der Waals surface area contributed by atoms with E-state index in [1.54, 1.807) is 12.3 Å². The first kappa shape index (κ1) is 16.8. The van der Waals surface area contributed by atoms with Gasteiger partial charge in [-0.05, 0) is 36.2 Å². The molecule has 0 fully saturated rings. The maximum atomic E-state index is 12.4. The van der Waals surface area contributed by atoms with Gasteiger partial charge in [0.25, 0.3) is 5.91 Å². The molecule has 6 heteroatoms. The molecule has 0 aliphatic heterocycles. The molecule has 0 aliphatic carbocycles. The van der Waals surface area contributed by atoms with E-state index < -0.39 is 0 Å². The predicted molar refractivity (Wildman–Crippen MR) is 106 cm³/mol. The summed E-state index contributed by atoms with van der Waals surface area (Å²) in [5.74, 6) is 0.179. The third-order valence-corrected chi connectivity index (χ3v) is 4.27. The number of para-hydroxylation sites is 2. The van der Waals surface area contributed by atoms with Crippen molar-refractivity contribution in [3.63, 3.8) is 0 Å². The van der Waals surface area contributed by atoms with Gasteiger partial charge in [-0.2, -0.15) is 0 Å². The number of H-pyrrole nitrogens is 1. The summed E-state index contributed by atoms with van der Waals surface area (Å²) >= 11 is 0. The third-order valence-electron chi connectivity index (χ3n) is 4.27. The fraction of sp³-hybridized carbons (Fsp3) is 0.0952. The van der Waals surface area contributed by atoms with Crippen LogP contribution < -0.4 is 10.6 Å². The van der Waals surface area contributed by atoms with Crippen LogP contribution in [0.25, 0.3) is 10.9 Å². The van der Waals surface area contributed by atoms with E-state index in [1.165, 1.54) is 10.9 Å². The number of carbonyl (C=O) groups is 1. The zero-order valence-electron chi connectivity index (χ0n) is 14.6. The van der Waals surface area contributed by atoms with Gasteiger partial charge >= 0.3 is 0 Å². The summed E-state index contributed by atoms with van der Waals surface area (Å²) in [6.07, 6.45) is 4.31. The molecule has 0 radical (unpaired) electrons. The monoisotopic (exact) mass is 357 g/mol. The Balaban J connectivity index is 1.37. The van der Waals surface area contributed by atoms with Gasteiger partial charge in [-0.15, -0.1) is 0 Å². The van der Waals surface area contributed by atoms with Crippen LogP contribution in [-0.2, 0) is 6.42 Å². The Kier molecular flexibility index (Phi) is 4.78. The standard InChI is InChI=1S/C21H19N5O/c27-20(22-12-10-15-14-24-18-9-5-4-8-17(15)18)19-11-13-23-21(26-19)25-16-6-2-1-3-7-16/h1-9,11,13-14,24H,10,12H2,(H,22,27)(H,23,25,26). The summed E-state index contributed by atoms with van der Waals surface area (Å²) in [5.41, 5.74) is 3.49. The minimum absolute atomic E-state index is 0.214. The summed E-state index contributed by atoms with van der Waals surface area (Å²) in [7, 11) is 0. The molecule has 3 N–H and O–H groups in total. The Morgan fingerprint density at radius 2 is 1.81 bits per heavy atom. The van der Waals surface area contributed by atoms with E-state index in [9.17, 15) is 4.79 Å². The van der Waals surface area contributed by atoms with Gasteiger partial charge < -0.3 is 15.6 Å². The van der Waals surface area contributed by atoms with Crippen LogP contribution in [0.2, 0.25) is 0 Å². The van der Waals surface area contributed by atoms with Crippen molar-refractivity contribution in [2.45, 2.75) is 6.42 Å². The van der Waals surface area contributed by atoms with Gasteiger partial charge in [-0.1, -0.05) is 36.4 Å². The molecule has 2 aromatic heterocycles. The van der Waals surface area contributed by atoms with Gasteiger partial charge in [0.15, 0.2) is 0 Å². The molecule has 0 spiro atoms. The van der Waals surface area contributed by atoms with E-state index >= 15 is 0 Å². The normalized spacial score (nSPS) is 10.7.